The fourth-order valence-corrected chi connectivity index (χ4v) is 3.32. The van der Waals surface area contributed by atoms with Crippen molar-refractivity contribution in [2.75, 3.05) is 0 Å². The number of carbonyl (C=O) groups is 1. The van der Waals surface area contributed by atoms with Gasteiger partial charge in [0.1, 0.15) is 11.4 Å². The molecule has 2 heterocycles. The molecule has 0 saturated heterocycles. The Bertz CT molecular complexity index is 1070. The van der Waals surface area contributed by atoms with Crippen LogP contribution in [0.4, 0.5) is 0 Å². The van der Waals surface area contributed by atoms with Crippen molar-refractivity contribution in [3.8, 4) is 5.75 Å². The molecule has 0 bridgehead atoms. The van der Waals surface area contributed by atoms with Gasteiger partial charge in [-0.2, -0.15) is 5.10 Å². The number of amides is 1. The molecule has 2 N–H and O–H groups in total. The number of aromatic nitrogens is 2. The lowest BCUT2D eigenvalue weighted by Crippen LogP contribution is -2.25. The van der Waals surface area contributed by atoms with Crippen LogP contribution in [0, 0.1) is 0 Å². The number of hydrogen-bond acceptors (Lipinski definition) is 4. The zero-order valence-corrected chi connectivity index (χ0v) is 14.6. The summed E-state index contributed by atoms with van der Waals surface area (Å²) in [5.41, 5.74) is 1.76. The Hall–Kier alpha value is -3.15. The van der Waals surface area contributed by atoms with Gasteiger partial charge in [-0.25, -0.2) is 5.10 Å². The van der Waals surface area contributed by atoms with Crippen LogP contribution in [0.5, 0.6) is 5.75 Å². The zero-order valence-electron chi connectivity index (χ0n) is 14.6. The lowest BCUT2D eigenvalue weighted by Gasteiger charge is -2.16. The van der Waals surface area contributed by atoms with Gasteiger partial charge in [-0.05, 0) is 43.7 Å². The summed E-state index contributed by atoms with van der Waals surface area (Å²) in [4.78, 5) is 24.4. The Morgan fingerprint density at radius 2 is 2.00 bits per heavy atom. The van der Waals surface area contributed by atoms with Crippen LogP contribution in [0.2, 0.25) is 0 Å². The van der Waals surface area contributed by atoms with Crippen LogP contribution >= 0.6 is 0 Å². The van der Waals surface area contributed by atoms with Crippen LogP contribution in [0.1, 0.15) is 35.5 Å². The van der Waals surface area contributed by atoms with Gasteiger partial charge in [0.2, 0.25) is 0 Å². The van der Waals surface area contributed by atoms with Crippen molar-refractivity contribution < 1.29 is 9.53 Å². The third-order valence-electron chi connectivity index (χ3n) is 4.52. The van der Waals surface area contributed by atoms with Gasteiger partial charge in [0.05, 0.1) is 17.6 Å². The highest BCUT2D eigenvalue weighted by Crippen LogP contribution is 2.35. The normalized spacial score (nSPS) is 14.7. The minimum absolute atomic E-state index is 0.186. The molecule has 1 amide bonds. The number of fused-ring (bicyclic) bond motifs is 2. The van der Waals surface area contributed by atoms with Gasteiger partial charge in [-0.1, -0.05) is 18.2 Å². The topological polar surface area (TPSA) is 84.1 Å². The summed E-state index contributed by atoms with van der Waals surface area (Å²) in [5, 5.41) is 10.7. The van der Waals surface area contributed by atoms with Gasteiger partial charge in [0.15, 0.2) is 0 Å². The van der Waals surface area contributed by atoms with Crippen molar-refractivity contribution in [1.82, 2.24) is 15.5 Å². The van der Waals surface area contributed by atoms with Gasteiger partial charge in [-0.15, -0.1) is 0 Å². The highest BCUT2D eigenvalue weighted by molar-refractivity contribution is 5.95. The third kappa shape index (κ3) is 2.94. The maximum Gasteiger partial charge on any atom is 0.272 e. The molecule has 0 fully saturated rings. The number of carbonyl (C=O) groups excluding carboxylic acids is 1. The molecule has 0 aliphatic carbocycles. The Balaban J connectivity index is 1.54. The molecule has 3 aromatic rings. The summed E-state index contributed by atoms with van der Waals surface area (Å²) >= 11 is 0. The van der Waals surface area contributed by atoms with Crippen molar-refractivity contribution in [2.24, 2.45) is 0 Å². The molecule has 6 nitrogen and oxygen atoms in total. The number of nitrogens with one attached hydrogen (secondary N) is 2. The fraction of sp³-hybridized carbons (Fsp3) is 0.250. The first-order valence-electron chi connectivity index (χ1n) is 8.49. The molecule has 4 rings (SSSR count). The van der Waals surface area contributed by atoms with E-state index in [0.29, 0.717) is 16.6 Å². The molecule has 1 aliphatic rings. The molecular formula is C20H19N3O3. The van der Waals surface area contributed by atoms with E-state index in [0.717, 1.165) is 23.1 Å². The summed E-state index contributed by atoms with van der Waals surface area (Å²) in [6.07, 6.45) is 0.773. The van der Waals surface area contributed by atoms with E-state index >= 15 is 0 Å². The summed E-state index contributed by atoms with van der Waals surface area (Å²) in [6, 6.07) is 12.7. The maximum absolute atomic E-state index is 12.5. The molecule has 0 unspecified atom stereocenters. The average Bonchev–Trinajstić information content (AvgIpc) is 2.94. The van der Waals surface area contributed by atoms with E-state index in [1.54, 1.807) is 18.2 Å². The number of benzene rings is 2. The summed E-state index contributed by atoms with van der Waals surface area (Å²) in [6.45, 7) is 4.29. The second-order valence-corrected chi connectivity index (χ2v) is 7.09. The highest BCUT2D eigenvalue weighted by Gasteiger charge is 2.30. The first-order valence-corrected chi connectivity index (χ1v) is 8.49. The smallest absolute Gasteiger partial charge is 0.272 e. The molecule has 0 spiro atoms. The Morgan fingerprint density at radius 1 is 1.23 bits per heavy atom. The van der Waals surface area contributed by atoms with Crippen molar-refractivity contribution in [2.45, 2.75) is 32.4 Å². The molecule has 0 radical (unpaired) electrons. The highest BCUT2D eigenvalue weighted by atomic mass is 16.5. The first kappa shape index (κ1) is 16.3. The Labute approximate surface area is 150 Å². The van der Waals surface area contributed by atoms with E-state index in [1.807, 2.05) is 38.1 Å². The van der Waals surface area contributed by atoms with Crippen LogP contribution in [0.25, 0.3) is 10.8 Å². The number of rotatable bonds is 3. The van der Waals surface area contributed by atoms with Crippen LogP contribution in [0.15, 0.2) is 47.3 Å². The molecule has 1 aliphatic heterocycles. The number of nitrogens with zero attached hydrogens (tertiary/aromatic N) is 1. The zero-order chi connectivity index (χ0) is 18.3. The first-order chi connectivity index (χ1) is 12.4. The SMILES string of the molecule is CC1(C)Cc2cc(C(=O)NCc3n[nH]c(=O)c4ccccc34)ccc2O1. The van der Waals surface area contributed by atoms with E-state index in [2.05, 4.69) is 15.5 Å². The molecule has 1 aromatic heterocycles. The lowest BCUT2D eigenvalue weighted by molar-refractivity contribution is 0.0950. The van der Waals surface area contributed by atoms with Gasteiger partial charge < -0.3 is 10.1 Å². The second-order valence-electron chi connectivity index (χ2n) is 7.09. The predicted molar refractivity (Wildman–Crippen MR) is 98.4 cm³/mol. The Morgan fingerprint density at radius 3 is 2.81 bits per heavy atom. The standard InChI is InChI=1S/C20H19N3O3/c1-20(2)10-13-9-12(7-8-17(13)26-20)18(24)21-11-16-14-5-3-4-6-15(14)19(25)23-22-16/h3-9H,10-11H2,1-2H3,(H,21,24)(H,23,25). The summed E-state index contributed by atoms with van der Waals surface area (Å²) in [7, 11) is 0. The van der Waals surface area contributed by atoms with Crippen molar-refractivity contribution in [3.05, 3.63) is 69.6 Å². The van der Waals surface area contributed by atoms with Crippen molar-refractivity contribution in [3.63, 3.8) is 0 Å². The fourth-order valence-electron chi connectivity index (χ4n) is 3.32. The van der Waals surface area contributed by atoms with Gasteiger partial charge in [-0.3, -0.25) is 9.59 Å². The second kappa shape index (κ2) is 5.98. The summed E-state index contributed by atoms with van der Waals surface area (Å²) < 4.78 is 5.84. The lowest BCUT2D eigenvalue weighted by atomic mass is 10.00. The third-order valence-corrected chi connectivity index (χ3v) is 4.52. The van der Waals surface area contributed by atoms with Crippen LogP contribution in [-0.2, 0) is 13.0 Å². The van der Waals surface area contributed by atoms with Gasteiger partial charge in [0.25, 0.3) is 11.5 Å². The number of aromatic amines is 1. The number of ether oxygens (including phenoxy) is 1. The molecule has 2 aromatic carbocycles. The van der Waals surface area contributed by atoms with Crippen LogP contribution in [-0.4, -0.2) is 21.7 Å². The van der Waals surface area contributed by atoms with Crippen LogP contribution < -0.4 is 15.6 Å². The molecule has 0 atom stereocenters. The molecule has 0 saturated carbocycles. The van der Waals surface area contributed by atoms with E-state index in [-0.39, 0.29) is 23.6 Å². The average molecular weight is 349 g/mol. The molecule has 6 heteroatoms. The van der Waals surface area contributed by atoms with E-state index in [9.17, 15) is 9.59 Å². The predicted octanol–water partition coefficient (Wildman–Crippen LogP) is 2.57. The van der Waals surface area contributed by atoms with Crippen molar-refractivity contribution in [1.29, 1.82) is 0 Å². The molecular weight excluding hydrogens is 330 g/mol. The van der Waals surface area contributed by atoms with Crippen LogP contribution in [0.3, 0.4) is 0 Å². The van der Waals surface area contributed by atoms with E-state index < -0.39 is 0 Å². The number of hydrogen-bond donors (Lipinski definition) is 2. The monoisotopic (exact) mass is 349 g/mol. The largest absolute Gasteiger partial charge is 0.487 e. The van der Waals surface area contributed by atoms with Crippen molar-refractivity contribution >= 4 is 16.7 Å². The quantitative estimate of drug-likeness (QED) is 0.761. The number of H-pyrrole nitrogens is 1. The van der Waals surface area contributed by atoms with Gasteiger partial charge >= 0.3 is 0 Å². The molecule has 26 heavy (non-hydrogen) atoms. The minimum atomic E-state index is -0.240. The maximum atomic E-state index is 12.5. The molecule has 132 valence electrons. The van der Waals surface area contributed by atoms with Gasteiger partial charge in [0, 0.05) is 17.4 Å². The Kier molecular flexibility index (Phi) is 3.76. The van der Waals surface area contributed by atoms with E-state index in [4.69, 9.17) is 4.74 Å². The summed E-state index contributed by atoms with van der Waals surface area (Å²) in [5.74, 6) is 0.648. The minimum Gasteiger partial charge on any atom is -0.487 e. The van der Waals surface area contributed by atoms with E-state index in [1.165, 1.54) is 0 Å².